The van der Waals surface area contributed by atoms with E-state index < -0.39 is 5.76 Å². The summed E-state index contributed by atoms with van der Waals surface area (Å²) < 4.78 is 25.1. The van der Waals surface area contributed by atoms with E-state index in [1.165, 1.54) is 19.3 Å². The lowest BCUT2D eigenvalue weighted by Gasteiger charge is -2.21. The molecule has 0 atom stereocenters. The molecule has 1 N–H and O–H groups in total. The second kappa shape index (κ2) is 8.37. The molecule has 0 heterocycles. The standard InChI is InChI=1S/C16H21F2NOS/c17-16(18)21-14-11-7-6-10-13(14)15(20)19-12-8-4-2-1-3-5-9-12/h6-7,10-12,16H,1-5,8-9H2,(H,19,20). The predicted octanol–water partition coefficient (Wildman–Crippen LogP) is 4.84. The molecule has 0 bridgehead atoms. The van der Waals surface area contributed by atoms with Gasteiger partial charge in [0, 0.05) is 10.9 Å². The zero-order chi connectivity index (χ0) is 15.1. The summed E-state index contributed by atoms with van der Waals surface area (Å²) in [7, 11) is 0. The molecule has 2 rings (SSSR count). The van der Waals surface area contributed by atoms with Gasteiger partial charge >= 0.3 is 0 Å². The molecule has 5 heteroatoms. The number of benzene rings is 1. The molecule has 21 heavy (non-hydrogen) atoms. The molecule has 1 aromatic rings. The number of halogens is 2. The van der Waals surface area contributed by atoms with Crippen LogP contribution < -0.4 is 5.32 Å². The van der Waals surface area contributed by atoms with Crippen molar-refractivity contribution in [2.75, 3.05) is 0 Å². The Kier molecular flexibility index (Phi) is 6.49. The van der Waals surface area contributed by atoms with E-state index in [0.717, 1.165) is 25.7 Å². The molecule has 1 amide bonds. The Morgan fingerprint density at radius 2 is 1.71 bits per heavy atom. The van der Waals surface area contributed by atoms with Crippen molar-refractivity contribution >= 4 is 17.7 Å². The van der Waals surface area contributed by atoms with Gasteiger partial charge in [0.05, 0.1) is 5.56 Å². The minimum absolute atomic E-state index is 0.169. The fourth-order valence-corrected chi connectivity index (χ4v) is 3.35. The van der Waals surface area contributed by atoms with Crippen molar-refractivity contribution in [1.82, 2.24) is 5.32 Å². The van der Waals surface area contributed by atoms with E-state index in [0.29, 0.717) is 22.2 Å². The van der Waals surface area contributed by atoms with Crippen LogP contribution in [0.5, 0.6) is 0 Å². The first kappa shape index (κ1) is 16.3. The van der Waals surface area contributed by atoms with Gasteiger partial charge < -0.3 is 5.32 Å². The van der Waals surface area contributed by atoms with E-state index in [-0.39, 0.29) is 11.9 Å². The summed E-state index contributed by atoms with van der Waals surface area (Å²) in [6.07, 6.45) is 7.91. The van der Waals surface area contributed by atoms with Crippen molar-refractivity contribution in [2.24, 2.45) is 0 Å². The van der Waals surface area contributed by atoms with E-state index in [4.69, 9.17) is 0 Å². The molecular weight excluding hydrogens is 292 g/mol. The van der Waals surface area contributed by atoms with E-state index in [1.54, 1.807) is 24.3 Å². The fraction of sp³-hybridized carbons (Fsp3) is 0.562. The molecule has 116 valence electrons. The summed E-state index contributed by atoms with van der Waals surface area (Å²) in [6.45, 7) is 0. The van der Waals surface area contributed by atoms with Crippen LogP contribution in [0.3, 0.4) is 0 Å². The second-order valence-electron chi connectivity index (χ2n) is 5.39. The third-order valence-corrected chi connectivity index (χ3v) is 4.58. The Bertz CT molecular complexity index is 459. The Hall–Kier alpha value is -1.10. The number of amides is 1. The molecule has 1 aliphatic carbocycles. The van der Waals surface area contributed by atoms with E-state index in [2.05, 4.69) is 5.32 Å². The van der Waals surface area contributed by atoms with Crippen molar-refractivity contribution in [3.05, 3.63) is 29.8 Å². The van der Waals surface area contributed by atoms with Gasteiger partial charge in [0.2, 0.25) is 0 Å². The van der Waals surface area contributed by atoms with Crippen molar-refractivity contribution < 1.29 is 13.6 Å². The highest BCUT2D eigenvalue weighted by molar-refractivity contribution is 7.99. The highest BCUT2D eigenvalue weighted by Gasteiger charge is 2.18. The molecular formula is C16H21F2NOS. The maximum absolute atomic E-state index is 12.6. The van der Waals surface area contributed by atoms with Crippen molar-refractivity contribution in [2.45, 2.75) is 61.6 Å². The topological polar surface area (TPSA) is 29.1 Å². The number of alkyl halides is 2. The normalized spacial score (nSPS) is 17.3. The van der Waals surface area contributed by atoms with Crippen LogP contribution >= 0.6 is 11.8 Å². The lowest BCUT2D eigenvalue weighted by Crippen LogP contribution is -2.35. The predicted molar refractivity (Wildman–Crippen MR) is 81.9 cm³/mol. The summed E-state index contributed by atoms with van der Waals surface area (Å²) >= 11 is 0.429. The van der Waals surface area contributed by atoms with Crippen LogP contribution in [0.15, 0.2) is 29.2 Å². The Balaban J connectivity index is 2.01. The van der Waals surface area contributed by atoms with Gasteiger partial charge in [0.25, 0.3) is 11.7 Å². The average Bonchev–Trinajstić information content (AvgIpc) is 2.41. The minimum Gasteiger partial charge on any atom is -0.349 e. The summed E-state index contributed by atoms with van der Waals surface area (Å²) in [6, 6.07) is 6.75. The molecule has 1 fully saturated rings. The SMILES string of the molecule is O=C(NC1CCCCCCC1)c1ccccc1SC(F)F. The van der Waals surface area contributed by atoms with Crippen LogP contribution in [0, 0.1) is 0 Å². The van der Waals surface area contributed by atoms with Gasteiger partial charge in [-0.15, -0.1) is 0 Å². The number of carbonyl (C=O) groups is 1. The first-order chi connectivity index (χ1) is 10.2. The van der Waals surface area contributed by atoms with Gasteiger partial charge in [-0.2, -0.15) is 8.78 Å². The van der Waals surface area contributed by atoms with Gasteiger partial charge in [-0.1, -0.05) is 56.0 Å². The first-order valence-corrected chi connectivity index (χ1v) is 8.39. The highest BCUT2D eigenvalue weighted by Crippen LogP contribution is 2.28. The fourth-order valence-electron chi connectivity index (χ4n) is 2.72. The second-order valence-corrected chi connectivity index (χ2v) is 6.42. The summed E-state index contributed by atoms with van der Waals surface area (Å²) in [5, 5.41) is 3.02. The molecule has 1 saturated carbocycles. The quantitative estimate of drug-likeness (QED) is 0.806. The van der Waals surface area contributed by atoms with Gasteiger partial charge in [0.15, 0.2) is 0 Å². The summed E-state index contributed by atoms with van der Waals surface area (Å²) in [5.74, 6) is -2.75. The van der Waals surface area contributed by atoms with Crippen LogP contribution in [0.4, 0.5) is 8.78 Å². The van der Waals surface area contributed by atoms with Crippen LogP contribution in [-0.4, -0.2) is 17.7 Å². The number of hydrogen-bond acceptors (Lipinski definition) is 2. The molecule has 0 saturated heterocycles. The molecule has 1 aromatic carbocycles. The molecule has 2 nitrogen and oxygen atoms in total. The van der Waals surface area contributed by atoms with Crippen molar-refractivity contribution in [3.8, 4) is 0 Å². The molecule has 0 aromatic heterocycles. The van der Waals surface area contributed by atoms with E-state index >= 15 is 0 Å². The zero-order valence-electron chi connectivity index (χ0n) is 12.0. The van der Waals surface area contributed by atoms with Crippen LogP contribution in [0.2, 0.25) is 0 Å². The molecule has 0 spiro atoms. The lowest BCUT2D eigenvalue weighted by atomic mass is 9.96. The summed E-state index contributed by atoms with van der Waals surface area (Å²) in [4.78, 5) is 12.7. The summed E-state index contributed by atoms with van der Waals surface area (Å²) in [5.41, 5.74) is 0.352. The average molecular weight is 313 g/mol. The first-order valence-electron chi connectivity index (χ1n) is 7.51. The number of nitrogens with one attached hydrogen (secondary N) is 1. The smallest absolute Gasteiger partial charge is 0.288 e. The van der Waals surface area contributed by atoms with Crippen molar-refractivity contribution in [3.63, 3.8) is 0 Å². The van der Waals surface area contributed by atoms with Gasteiger partial charge in [-0.3, -0.25) is 4.79 Å². The zero-order valence-corrected chi connectivity index (χ0v) is 12.8. The number of carbonyl (C=O) groups excluding carboxylic acids is 1. The molecule has 0 aliphatic heterocycles. The number of hydrogen-bond donors (Lipinski definition) is 1. The Labute approximate surface area is 128 Å². The molecule has 0 radical (unpaired) electrons. The van der Waals surface area contributed by atoms with Crippen LogP contribution in [0.1, 0.15) is 55.3 Å². The third kappa shape index (κ3) is 5.30. The maximum Gasteiger partial charge on any atom is 0.288 e. The Morgan fingerprint density at radius 1 is 1.10 bits per heavy atom. The maximum atomic E-state index is 12.6. The third-order valence-electron chi connectivity index (χ3n) is 3.79. The number of thioether (sulfide) groups is 1. The highest BCUT2D eigenvalue weighted by atomic mass is 32.2. The molecule has 0 unspecified atom stereocenters. The minimum atomic E-state index is -2.51. The van der Waals surface area contributed by atoms with Gasteiger partial charge in [-0.25, -0.2) is 0 Å². The lowest BCUT2D eigenvalue weighted by molar-refractivity contribution is 0.0927. The monoisotopic (exact) mass is 313 g/mol. The van der Waals surface area contributed by atoms with Gasteiger partial charge in [-0.05, 0) is 25.0 Å². The largest absolute Gasteiger partial charge is 0.349 e. The van der Waals surface area contributed by atoms with Crippen LogP contribution in [-0.2, 0) is 0 Å². The molecule has 1 aliphatic rings. The van der Waals surface area contributed by atoms with E-state index in [1.807, 2.05) is 0 Å². The number of rotatable bonds is 4. The van der Waals surface area contributed by atoms with Crippen LogP contribution in [0.25, 0.3) is 0 Å². The van der Waals surface area contributed by atoms with Gasteiger partial charge in [0.1, 0.15) is 0 Å². The van der Waals surface area contributed by atoms with E-state index in [9.17, 15) is 13.6 Å². The van der Waals surface area contributed by atoms with Crippen molar-refractivity contribution in [1.29, 1.82) is 0 Å². The Morgan fingerprint density at radius 3 is 2.38 bits per heavy atom.